The fourth-order valence-corrected chi connectivity index (χ4v) is 6.94. The van der Waals surface area contributed by atoms with E-state index in [2.05, 4.69) is 0 Å². The summed E-state index contributed by atoms with van der Waals surface area (Å²) in [4.78, 5) is 15.7. The van der Waals surface area contributed by atoms with Crippen LogP contribution in [0.15, 0.2) is 77.7 Å². The summed E-state index contributed by atoms with van der Waals surface area (Å²) in [6.45, 7) is 3.74. The summed E-state index contributed by atoms with van der Waals surface area (Å²) < 4.78 is 50.6. The third-order valence-electron chi connectivity index (χ3n) is 8.19. The molecule has 1 amide bonds. The molecule has 0 aliphatic carbocycles. The lowest BCUT2D eigenvalue weighted by atomic mass is 9.96. The van der Waals surface area contributed by atoms with E-state index in [1.807, 2.05) is 67.1 Å². The van der Waals surface area contributed by atoms with Crippen molar-refractivity contribution >= 4 is 26.8 Å². The average molecular weight is 594 g/mol. The second-order valence-electron chi connectivity index (χ2n) is 11.0. The molecule has 0 radical (unpaired) electrons. The molecule has 1 aliphatic heterocycles. The lowest BCUT2D eigenvalue weighted by Gasteiger charge is -2.35. The van der Waals surface area contributed by atoms with Crippen LogP contribution >= 0.6 is 0 Å². The molecule has 3 atom stereocenters. The maximum absolute atomic E-state index is 14.5. The monoisotopic (exact) mass is 593 g/mol. The van der Waals surface area contributed by atoms with E-state index in [1.54, 1.807) is 11.8 Å². The molecule has 0 spiro atoms. The first-order valence-electron chi connectivity index (χ1n) is 14.0. The van der Waals surface area contributed by atoms with E-state index in [-0.39, 0.29) is 38.1 Å². The summed E-state index contributed by atoms with van der Waals surface area (Å²) in [6.07, 6.45) is -0.649. The summed E-state index contributed by atoms with van der Waals surface area (Å²) in [5, 5.41) is 11.1. The fourth-order valence-electron chi connectivity index (χ4n) is 5.70. The first kappa shape index (κ1) is 29.9. The number of carbonyl (C=O) groups excluding carboxylic acids is 1. The van der Waals surface area contributed by atoms with E-state index in [0.717, 1.165) is 38.0 Å². The number of fused-ring (bicyclic) bond motifs is 5. The molecule has 42 heavy (non-hydrogen) atoms. The summed E-state index contributed by atoms with van der Waals surface area (Å²) in [5.74, 6) is -1.40. The average Bonchev–Trinajstić information content (AvgIpc) is 3.28. The standard InChI is InChI=1S/C32H36FN3O5S/c1-21-17-36(22(2)19-37)32(38)31-30(25-13-7-9-15-27(25)35(31)4)24-12-6-5-11-23(24)20-41-28(21)18-34(3)42(39,40)29-16-10-8-14-26(29)33/h5-16,21-22,28,37H,17-20H2,1-4H3/t21-,22+,28+/m1/s1. The largest absolute Gasteiger partial charge is 0.394 e. The predicted octanol–water partition coefficient (Wildman–Crippen LogP) is 4.66. The first-order valence-corrected chi connectivity index (χ1v) is 15.4. The Balaban J connectivity index is 1.61. The van der Waals surface area contributed by atoms with Crippen molar-refractivity contribution in [3.05, 3.63) is 89.9 Å². The Morgan fingerprint density at radius 2 is 1.74 bits per heavy atom. The zero-order chi connectivity index (χ0) is 30.2. The highest BCUT2D eigenvalue weighted by Crippen LogP contribution is 2.38. The first-order chi connectivity index (χ1) is 20.1. The third-order valence-corrected chi connectivity index (χ3v) is 10.0. The molecule has 1 aromatic heterocycles. The van der Waals surface area contributed by atoms with Gasteiger partial charge < -0.3 is 19.3 Å². The van der Waals surface area contributed by atoms with Gasteiger partial charge in [-0.15, -0.1) is 0 Å². The van der Waals surface area contributed by atoms with Crippen LogP contribution in [0, 0.1) is 11.7 Å². The van der Waals surface area contributed by atoms with Gasteiger partial charge in [-0.3, -0.25) is 4.79 Å². The van der Waals surface area contributed by atoms with Gasteiger partial charge in [0.05, 0.1) is 25.4 Å². The quantitative estimate of drug-likeness (QED) is 0.351. The number of hydrogen-bond acceptors (Lipinski definition) is 5. The topological polar surface area (TPSA) is 92.1 Å². The van der Waals surface area contributed by atoms with E-state index in [9.17, 15) is 22.7 Å². The number of aliphatic hydroxyl groups is 1. The third kappa shape index (κ3) is 5.35. The predicted molar refractivity (Wildman–Crippen MR) is 160 cm³/mol. The molecule has 0 fully saturated rings. The second kappa shape index (κ2) is 12.0. The van der Waals surface area contributed by atoms with E-state index in [0.29, 0.717) is 5.69 Å². The van der Waals surface area contributed by atoms with Crippen LogP contribution in [0.5, 0.6) is 0 Å². The normalized spacial score (nSPS) is 18.9. The van der Waals surface area contributed by atoms with Crippen molar-refractivity contribution in [2.24, 2.45) is 13.0 Å². The molecular weight excluding hydrogens is 557 g/mol. The van der Waals surface area contributed by atoms with E-state index < -0.39 is 32.9 Å². The zero-order valence-electron chi connectivity index (χ0n) is 24.2. The number of para-hydroxylation sites is 1. The molecule has 0 bridgehead atoms. The number of nitrogens with zero attached hydrogens (tertiary/aromatic N) is 3. The maximum Gasteiger partial charge on any atom is 0.271 e. The van der Waals surface area contributed by atoms with Gasteiger partial charge in [0.1, 0.15) is 16.4 Å². The molecule has 8 nitrogen and oxygen atoms in total. The van der Waals surface area contributed by atoms with Crippen LogP contribution < -0.4 is 0 Å². The maximum atomic E-state index is 14.5. The number of sulfonamides is 1. The van der Waals surface area contributed by atoms with Crippen molar-refractivity contribution in [1.82, 2.24) is 13.8 Å². The number of halogens is 1. The van der Waals surface area contributed by atoms with Crippen LogP contribution in [-0.4, -0.2) is 72.1 Å². The number of likely N-dealkylation sites (N-methyl/N-ethyl adjacent to an activating group) is 1. The number of ether oxygens (including phenoxy) is 1. The highest BCUT2D eigenvalue weighted by atomic mass is 32.2. The molecule has 5 rings (SSSR count). The van der Waals surface area contributed by atoms with Crippen LogP contribution in [-0.2, 0) is 28.4 Å². The second-order valence-corrected chi connectivity index (χ2v) is 13.0. The van der Waals surface area contributed by atoms with Crippen LogP contribution in [0.25, 0.3) is 22.0 Å². The lowest BCUT2D eigenvalue weighted by Crippen LogP contribution is -2.48. The van der Waals surface area contributed by atoms with Crippen molar-refractivity contribution in [1.29, 1.82) is 0 Å². The number of hydrogen-bond donors (Lipinski definition) is 1. The number of aryl methyl sites for hydroxylation is 1. The fraction of sp³-hybridized carbons (Fsp3) is 0.344. The highest BCUT2D eigenvalue weighted by Gasteiger charge is 2.35. The number of rotatable bonds is 6. The van der Waals surface area contributed by atoms with Gasteiger partial charge in [0.25, 0.3) is 5.91 Å². The Bertz CT molecular complexity index is 1720. The Morgan fingerprint density at radius 3 is 2.48 bits per heavy atom. The molecule has 222 valence electrons. The highest BCUT2D eigenvalue weighted by molar-refractivity contribution is 7.89. The van der Waals surface area contributed by atoms with Crippen molar-refractivity contribution in [3.8, 4) is 11.1 Å². The Morgan fingerprint density at radius 1 is 1.07 bits per heavy atom. The Hall–Kier alpha value is -3.57. The van der Waals surface area contributed by atoms with Crippen molar-refractivity contribution in [3.63, 3.8) is 0 Å². The molecule has 0 unspecified atom stereocenters. The van der Waals surface area contributed by atoms with Gasteiger partial charge in [-0.1, -0.05) is 61.5 Å². The van der Waals surface area contributed by atoms with Crippen LogP contribution in [0.3, 0.4) is 0 Å². The van der Waals surface area contributed by atoms with Gasteiger partial charge in [0.15, 0.2) is 0 Å². The van der Waals surface area contributed by atoms with Gasteiger partial charge in [-0.25, -0.2) is 12.8 Å². The SMILES string of the molecule is C[C@@H]1CN([C@@H](C)CO)C(=O)c2c(c3ccccc3n2C)-c2ccccc2CO[C@H]1CN(C)S(=O)(=O)c1ccccc1F. The number of amides is 1. The summed E-state index contributed by atoms with van der Waals surface area (Å²) in [6, 6.07) is 20.3. The van der Waals surface area contributed by atoms with E-state index in [4.69, 9.17) is 4.74 Å². The van der Waals surface area contributed by atoms with Gasteiger partial charge in [-0.2, -0.15) is 4.31 Å². The minimum atomic E-state index is -4.15. The molecule has 3 aromatic carbocycles. The molecule has 0 saturated heterocycles. The summed E-state index contributed by atoms with van der Waals surface area (Å²) in [5.41, 5.74) is 3.90. The minimum absolute atomic E-state index is 0.0641. The number of benzene rings is 3. The summed E-state index contributed by atoms with van der Waals surface area (Å²) >= 11 is 0. The minimum Gasteiger partial charge on any atom is -0.394 e. The van der Waals surface area contributed by atoms with Crippen LogP contribution in [0.2, 0.25) is 0 Å². The molecule has 2 heterocycles. The molecule has 10 heteroatoms. The number of aliphatic hydroxyl groups excluding tert-OH is 1. The van der Waals surface area contributed by atoms with E-state index in [1.165, 1.54) is 25.2 Å². The van der Waals surface area contributed by atoms with Gasteiger partial charge in [-0.05, 0) is 36.2 Å². The number of carbonyl (C=O) groups is 1. The van der Waals surface area contributed by atoms with Gasteiger partial charge in [0.2, 0.25) is 10.0 Å². The van der Waals surface area contributed by atoms with Crippen LogP contribution in [0.4, 0.5) is 4.39 Å². The molecule has 1 N–H and O–H groups in total. The van der Waals surface area contributed by atoms with Gasteiger partial charge in [0, 0.05) is 49.6 Å². The lowest BCUT2D eigenvalue weighted by molar-refractivity contribution is -0.0147. The van der Waals surface area contributed by atoms with Crippen molar-refractivity contribution in [2.45, 2.75) is 37.5 Å². The number of aromatic nitrogens is 1. The van der Waals surface area contributed by atoms with Crippen LogP contribution in [0.1, 0.15) is 29.9 Å². The van der Waals surface area contributed by atoms with Crippen molar-refractivity contribution in [2.75, 3.05) is 26.7 Å². The van der Waals surface area contributed by atoms with Crippen molar-refractivity contribution < 1.29 is 27.4 Å². The van der Waals surface area contributed by atoms with Gasteiger partial charge >= 0.3 is 0 Å². The molecular formula is C32H36FN3O5S. The Kier molecular flexibility index (Phi) is 8.52. The Labute approximate surface area is 246 Å². The smallest absolute Gasteiger partial charge is 0.271 e. The zero-order valence-corrected chi connectivity index (χ0v) is 25.0. The van der Waals surface area contributed by atoms with E-state index >= 15 is 0 Å². The molecule has 0 saturated carbocycles. The summed E-state index contributed by atoms with van der Waals surface area (Å²) in [7, 11) is -0.883. The molecule has 1 aliphatic rings. The molecule has 4 aromatic rings.